The van der Waals surface area contributed by atoms with Crippen LogP contribution in [0.3, 0.4) is 0 Å². The van der Waals surface area contributed by atoms with Gasteiger partial charge in [0.1, 0.15) is 11.6 Å². The van der Waals surface area contributed by atoms with Crippen LogP contribution in [0, 0.1) is 27.4 Å². The summed E-state index contributed by atoms with van der Waals surface area (Å²) >= 11 is 0. The zero-order chi connectivity index (χ0) is 17.1. The Labute approximate surface area is 139 Å². The predicted octanol–water partition coefficient (Wildman–Crippen LogP) is 1.70. The van der Waals surface area contributed by atoms with Crippen molar-refractivity contribution in [2.24, 2.45) is 5.92 Å². The van der Waals surface area contributed by atoms with Crippen LogP contribution in [-0.2, 0) is 4.79 Å². The molecular weight excluding hydrogens is 310 g/mol. The topological polar surface area (TPSA) is 103 Å². The first-order chi connectivity index (χ1) is 11.6. The van der Waals surface area contributed by atoms with E-state index in [4.69, 9.17) is 5.26 Å². The van der Waals surface area contributed by atoms with E-state index in [0.717, 1.165) is 6.54 Å². The van der Waals surface area contributed by atoms with Crippen molar-refractivity contribution in [3.8, 4) is 6.07 Å². The first kappa shape index (κ1) is 16.2. The molecule has 8 nitrogen and oxygen atoms in total. The van der Waals surface area contributed by atoms with Gasteiger partial charge in [0.25, 0.3) is 0 Å². The Bertz CT molecular complexity index is 693. The van der Waals surface area contributed by atoms with Gasteiger partial charge in [0, 0.05) is 25.8 Å². The smallest absolute Gasteiger partial charge is 0.329 e. The molecule has 24 heavy (non-hydrogen) atoms. The molecule has 0 spiro atoms. The lowest BCUT2D eigenvalue weighted by Gasteiger charge is -2.36. The largest absolute Gasteiger partial charge is 0.340 e. The van der Waals surface area contributed by atoms with E-state index in [-0.39, 0.29) is 29.5 Å². The molecule has 0 aromatic carbocycles. The summed E-state index contributed by atoms with van der Waals surface area (Å²) in [5.41, 5.74) is -0.358. The first-order valence-electron chi connectivity index (χ1n) is 8.16. The van der Waals surface area contributed by atoms with Crippen LogP contribution < -0.4 is 4.90 Å². The molecule has 2 aliphatic rings. The van der Waals surface area contributed by atoms with E-state index < -0.39 is 4.92 Å². The molecule has 8 heteroatoms. The number of amides is 1. The average Bonchev–Trinajstić information content (AvgIpc) is 3.09. The minimum Gasteiger partial charge on any atom is -0.340 e. The molecule has 0 N–H and O–H groups in total. The summed E-state index contributed by atoms with van der Waals surface area (Å²) in [7, 11) is 0. The molecule has 1 saturated carbocycles. The summed E-state index contributed by atoms with van der Waals surface area (Å²) < 4.78 is 0. The van der Waals surface area contributed by atoms with Crippen LogP contribution in [0.25, 0.3) is 0 Å². The lowest BCUT2D eigenvalue weighted by atomic mass is 10.1. The normalized spacial score (nSPS) is 18.7. The Morgan fingerprint density at radius 3 is 2.75 bits per heavy atom. The third kappa shape index (κ3) is 3.15. The predicted molar refractivity (Wildman–Crippen MR) is 86.4 cm³/mol. The fraction of sp³-hybridized carbons (Fsp3) is 0.562. The molecule has 1 aliphatic carbocycles. The Balaban J connectivity index is 1.75. The van der Waals surface area contributed by atoms with Crippen molar-refractivity contribution in [3.63, 3.8) is 0 Å². The number of carbonyl (C=O) groups is 1. The number of nitriles is 1. The summed E-state index contributed by atoms with van der Waals surface area (Å²) in [6, 6.07) is 3.14. The molecule has 2 heterocycles. The van der Waals surface area contributed by atoms with Crippen molar-refractivity contribution in [3.05, 3.63) is 27.9 Å². The van der Waals surface area contributed by atoms with E-state index in [1.807, 2.05) is 11.0 Å². The number of pyridine rings is 1. The standard InChI is InChI=1S/C16H19N5O3/c17-9-13-5-6-18-16(15(13)21(23)24)20-8-7-19(14(22)11-20)10-12-3-1-2-4-12/h5-6,12H,1-4,7-8,10-11H2. The van der Waals surface area contributed by atoms with Crippen molar-refractivity contribution in [2.45, 2.75) is 25.7 Å². The molecule has 1 amide bonds. The summed E-state index contributed by atoms with van der Waals surface area (Å²) in [6.45, 7) is 1.86. The lowest BCUT2D eigenvalue weighted by molar-refractivity contribution is -0.384. The molecule has 126 valence electrons. The van der Waals surface area contributed by atoms with E-state index in [1.54, 1.807) is 4.90 Å². The van der Waals surface area contributed by atoms with Crippen LogP contribution in [-0.4, -0.2) is 46.9 Å². The third-order valence-corrected chi connectivity index (χ3v) is 4.78. The van der Waals surface area contributed by atoms with E-state index >= 15 is 0 Å². The zero-order valence-corrected chi connectivity index (χ0v) is 13.3. The fourth-order valence-corrected chi connectivity index (χ4v) is 3.53. The van der Waals surface area contributed by atoms with Gasteiger partial charge in [-0.2, -0.15) is 5.26 Å². The maximum absolute atomic E-state index is 12.4. The van der Waals surface area contributed by atoms with Crippen molar-refractivity contribution < 1.29 is 9.72 Å². The number of hydrogen-bond acceptors (Lipinski definition) is 6. The number of piperazine rings is 1. The van der Waals surface area contributed by atoms with E-state index in [0.29, 0.717) is 19.0 Å². The van der Waals surface area contributed by atoms with Gasteiger partial charge in [-0.1, -0.05) is 12.8 Å². The number of anilines is 1. The monoisotopic (exact) mass is 329 g/mol. The highest BCUT2D eigenvalue weighted by Crippen LogP contribution is 2.31. The molecule has 0 bridgehead atoms. The SMILES string of the molecule is N#Cc1ccnc(N2CCN(CC3CCCC3)C(=O)C2)c1[N+](=O)[O-]. The van der Waals surface area contributed by atoms with Gasteiger partial charge in [0.15, 0.2) is 0 Å². The Hall–Kier alpha value is -2.69. The number of aromatic nitrogens is 1. The molecular formula is C16H19N5O3. The van der Waals surface area contributed by atoms with Crippen LogP contribution in [0.1, 0.15) is 31.2 Å². The number of hydrogen-bond donors (Lipinski definition) is 0. The molecule has 1 saturated heterocycles. The van der Waals surface area contributed by atoms with Crippen molar-refractivity contribution in [1.82, 2.24) is 9.88 Å². The summed E-state index contributed by atoms with van der Waals surface area (Å²) in [5, 5.41) is 20.4. The average molecular weight is 329 g/mol. The van der Waals surface area contributed by atoms with Crippen LogP contribution in [0.5, 0.6) is 0 Å². The molecule has 3 rings (SSSR count). The number of rotatable bonds is 4. The molecule has 0 atom stereocenters. The second-order valence-electron chi connectivity index (χ2n) is 6.31. The van der Waals surface area contributed by atoms with Gasteiger partial charge < -0.3 is 9.80 Å². The highest BCUT2D eigenvalue weighted by Gasteiger charge is 2.32. The second kappa shape index (κ2) is 6.83. The van der Waals surface area contributed by atoms with E-state index in [2.05, 4.69) is 4.98 Å². The third-order valence-electron chi connectivity index (χ3n) is 4.78. The Morgan fingerprint density at radius 2 is 2.12 bits per heavy atom. The maximum Gasteiger partial charge on any atom is 0.329 e. The van der Waals surface area contributed by atoms with E-state index in [9.17, 15) is 14.9 Å². The van der Waals surface area contributed by atoms with Crippen molar-refractivity contribution in [2.75, 3.05) is 31.1 Å². The van der Waals surface area contributed by atoms with Gasteiger partial charge in [-0.25, -0.2) is 4.98 Å². The summed E-state index contributed by atoms with van der Waals surface area (Å²) in [4.78, 5) is 30.6. The van der Waals surface area contributed by atoms with Crippen LogP contribution >= 0.6 is 0 Å². The second-order valence-corrected chi connectivity index (χ2v) is 6.31. The van der Waals surface area contributed by atoms with Gasteiger partial charge in [0.2, 0.25) is 11.7 Å². The van der Waals surface area contributed by atoms with Crippen molar-refractivity contribution >= 4 is 17.4 Å². The highest BCUT2D eigenvalue weighted by molar-refractivity contribution is 5.83. The van der Waals surface area contributed by atoms with Gasteiger partial charge in [-0.05, 0) is 24.8 Å². The van der Waals surface area contributed by atoms with Crippen LogP contribution in [0.2, 0.25) is 0 Å². The first-order valence-corrected chi connectivity index (χ1v) is 8.16. The zero-order valence-electron chi connectivity index (χ0n) is 13.3. The molecule has 0 unspecified atom stereocenters. The number of carbonyl (C=O) groups excluding carboxylic acids is 1. The van der Waals surface area contributed by atoms with Gasteiger partial charge >= 0.3 is 5.69 Å². The van der Waals surface area contributed by atoms with Crippen molar-refractivity contribution in [1.29, 1.82) is 5.26 Å². The number of nitrogens with zero attached hydrogens (tertiary/aromatic N) is 5. The molecule has 0 radical (unpaired) electrons. The highest BCUT2D eigenvalue weighted by atomic mass is 16.6. The quantitative estimate of drug-likeness (QED) is 0.615. The van der Waals surface area contributed by atoms with Gasteiger partial charge in [-0.3, -0.25) is 14.9 Å². The fourth-order valence-electron chi connectivity index (χ4n) is 3.53. The van der Waals surface area contributed by atoms with Crippen LogP contribution in [0.15, 0.2) is 12.3 Å². The Morgan fingerprint density at radius 1 is 1.38 bits per heavy atom. The lowest BCUT2D eigenvalue weighted by Crippen LogP contribution is -2.51. The summed E-state index contributed by atoms with van der Waals surface area (Å²) in [5.74, 6) is 0.648. The molecule has 2 fully saturated rings. The van der Waals surface area contributed by atoms with Gasteiger partial charge in [-0.15, -0.1) is 0 Å². The number of nitro groups is 1. The minimum atomic E-state index is -0.601. The molecule has 1 aromatic rings. The maximum atomic E-state index is 12.4. The van der Waals surface area contributed by atoms with Gasteiger partial charge in [0.05, 0.1) is 11.5 Å². The molecule has 1 aliphatic heterocycles. The van der Waals surface area contributed by atoms with Crippen LogP contribution in [0.4, 0.5) is 11.5 Å². The van der Waals surface area contributed by atoms with E-state index in [1.165, 1.54) is 37.9 Å². The summed E-state index contributed by atoms with van der Waals surface area (Å²) in [6.07, 6.45) is 6.18. The molecule has 1 aromatic heterocycles. The Kier molecular flexibility index (Phi) is 4.60. The minimum absolute atomic E-state index is 0.0355.